The zero-order valence-electron chi connectivity index (χ0n) is 10.9. The molecule has 1 heterocycles. The minimum absolute atomic E-state index is 0.224. The Morgan fingerprint density at radius 1 is 1.26 bits per heavy atom. The third-order valence-electron chi connectivity index (χ3n) is 3.80. The predicted octanol–water partition coefficient (Wildman–Crippen LogP) is 1.76. The number of nitrogens with zero attached hydrogens (tertiary/aromatic N) is 1. The minimum Gasteiger partial charge on any atom is -0.393 e. The Morgan fingerprint density at radius 2 is 1.79 bits per heavy atom. The van der Waals surface area contributed by atoms with E-state index in [1.54, 1.807) is 30.3 Å². The molecule has 1 aliphatic rings. The molecule has 1 aliphatic heterocycles. The molecular weight excluding hydrogens is 280 g/mol. The van der Waals surface area contributed by atoms with Gasteiger partial charge in [-0.15, -0.1) is 0 Å². The van der Waals surface area contributed by atoms with Crippen molar-refractivity contribution in [3.8, 4) is 0 Å². The van der Waals surface area contributed by atoms with Crippen LogP contribution in [0.3, 0.4) is 0 Å². The molecule has 1 fully saturated rings. The third kappa shape index (κ3) is 2.80. The molecule has 0 saturated carbocycles. The third-order valence-corrected chi connectivity index (χ3v) is 6.21. The molecule has 0 bridgehead atoms. The van der Waals surface area contributed by atoms with Crippen molar-refractivity contribution in [3.05, 3.63) is 30.3 Å². The van der Waals surface area contributed by atoms with Gasteiger partial charge in [0.15, 0.2) is 0 Å². The van der Waals surface area contributed by atoms with E-state index < -0.39 is 10.0 Å². The molecule has 0 atom stereocenters. The summed E-state index contributed by atoms with van der Waals surface area (Å²) in [6.45, 7) is 2.93. The van der Waals surface area contributed by atoms with E-state index in [9.17, 15) is 8.42 Å². The van der Waals surface area contributed by atoms with E-state index >= 15 is 0 Å². The molecule has 6 heteroatoms. The molecule has 104 valence electrons. The molecule has 19 heavy (non-hydrogen) atoms. The van der Waals surface area contributed by atoms with Crippen molar-refractivity contribution >= 4 is 27.2 Å². The van der Waals surface area contributed by atoms with E-state index in [0.29, 0.717) is 35.8 Å². The molecule has 0 amide bonds. The second-order valence-electron chi connectivity index (χ2n) is 5.14. The second-order valence-corrected chi connectivity index (χ2v) is 7.52. The zero-order chi connectivity index (χ0) is 14.1. The number of piperidine rings is 1. The van der Waals surface area contributed by atoms with E-state index in [0.717, 1.165) is 0 Å². The standard InChI is InChI=1S/C13H18N2O2S2/c1-13(12(14)18)7-9-15(10-8-13)19(16,17)11-5-3-2-4-6-11/h2-6H,7-10H2,1H3,(H2,14,18). The summed E-state index contributed by atoms with van der Waals surface area (Å²) in [5, 5.41) is 0. The number of nitrogens with two attached hydrogens (primary N) is 1. The minimum atomic E-state index is -3.39. The normalized spacial score (nSPS) is 20.1. The van der Waals surface area contributed by atoms with E-state index in [4.69, 9.17) is 18.0 Å². The maximum Gasteiger partial charge on any atom is 0.243 e. The van der Waals surface area contributed by atoms with Gasteiger partial charge in [-0.25, -0.2) is 8.42 Å². The molecule has 0 aliphatic carbocycles. The molecular formula is C13H18N2O2S2. The lowest BCUT2D eigenvalue weighted by Gasteiger charge is -2.37. The first-order chi connectivity index (χ1) is 8.86. The summed E-state index contributed by atoms with van der Waals surface area (Å²) in [7, 11) is -3.39. The van der Waals surface area contributed by atoms with Gasteiger partial charge in [-0.05, 0) is 25.0 Å². The van der Waals surface area contributed by atoms with Crippen LogP contribution in [0.1, 0.15) is 19.8 Å². The Hall–Kier alpha value is -0.980. The summed E-state index contributed by atoms with van der Waals surface area (Å²) in [5.41, 5.74) is 5.51. The van der Waals surface area contributed by atoms with Crippen LogP contribution in [0.2, 0.25) is 0 Å². The Kier molecular flexibility index (Phi) is 3.94. The highest BCUT2D eigenvalue weighted by Gasteiger charge is 2.37. The van der Waals surface area contributed by atoms with Crippen LogP contribution in [0.5, 0.6) is 0 Å². The number of benzene rings is 1. The fraction of sp³-hybridized carbons (Fsp3) is 0.462. The fourth-order valence-electron chi connectivity index (χ4n) is 2.21. The van der Waals surface area contributed by atoms with Crippen molar-refractivity contribution in [2.24, 2.45) is 11.1 Å². The van der Waals surface area contributed by atoms with Crippen LogP contribution < -0.4 is 5.73 Å². The second kappa shape index (κ2) is 5.19. The van der Waals surface area contributed by atoms with Gasteiger partial charge >= 0.3 is 0 Å². The van der Waals surface area contributed by atoms with Gasteiger partial charge in [0.25, 0.3) is 0 Å². The van der Waals surface area contributed by atoms with Crippen LogP contribution in [-0.4, -0.2) is 30.8 Å². The summed E-state index contributed by atoms with van der Waals surface area (Å²) in [4.78, 5) is 0.818. The van der Waals surface area contributed by atoms with Crippen molar-refractivity contribution in [2.45, 2.75) is 24.7 Å². The molecule has 2 N–H and O–H groups in total. The van der Waals surface area contributed by atoms with Crippen LogP contribution >= 0.6 is 12.2 Å². The van der Waals surface area contributed by atoms with Gasteiger partial charge in [-0.1, -0.05) is 37.3 Å². The highest BCUT2D eigenvalue weighted by atomic mass is 32.2. The maximum absolute atomic E-state index is 12.4. The zero-order valence-corrected chi connectivity index (χ0v) is 12.5. The molecule has 1 saturated heterocycles. The molecule has 4 nitrogen and oxygen atoms in total. The Morgan fingerprint density at radius 3 is 2.26 bits per heavy atom. The Bertz CT molecular complexity index is 562. The van der Waals surface area contributed by atoms with Gasteiger partial charge in [-0.2, -0.15) is 4.31 Å². The van der Waals surface area contributed by atoms with E-state index in [1.165, 1.54) is 4.31 Å². The molecule has 0 spiro atoms. The number of hydrogen-bond donors (Lipinski definition) is 1. The summed E-state index contributed by atoms with van der Waals surface area (Å²) >= 11 is 5.06. The Labute approximate surface area is 119 Å². The SMILES string of the molecule is CC1(C(N)=S)CCN(S(=O)(=O)c2ccccc2)CC1. The molecule has 1 aromatic carbocycles. The van der Waals surface area contributed by atoms with E-state index in [-0.39, 0.29) is 5.41 Å². The molecule has 0 radical (unpaired) electrons. The monoisotopic (exact) mass is 298 g/mol. The number of rotatable bonds is 3. The molecule has 0 unspecified atom stereocenters. The first-order valence-corrected chi connectivity index (χ1v) is 8.06. The summed E-state index contributed by atoms with van der Waals surface area (Å²) in [6.07, 6.45) is 1.35. The lowest BCUT2D eigenvalue weighted by atomic mass is 9.81. The number of sulfonamides is 1. The Balaban J connectivity index is 2.16. The molecule has 2 rings (SSSR count). The highest BCUT2D eigenvalue weighted by molar-refractivity contribution is 7.89. The highest BCUT2D eigenvalue weighted by Crippen LogP contribution is 2.33. The average molecular weight is 298 g/mol. The van der Waals surface area contributed by atoms with Crippen LogP contribution in [0.4, 0.5) is 0 Å². The van der Waals surface area contributed by atoms with E-state index in [2.05, 4.69) is 0 Å². The predicted molar refractivity (Wildman–Crippen MR) is 79.3 cm³/mol. The first kappa shape index (κ1) is 14.4. The fourth-order valence-corrected chi connectivity index (χ4v) is 3.87. The summed E-state index contributed by atoms with van der Waals surface area (Å²) in [5.74, 6) is 0. The van der Waals surface area contributed by atoms with Gasteiger partial charge in [0.05, 0.1) is 9.88 Å². The average Bonchev–Trinajstić information content (AvgIpc) is 2.40. The van der Waals surface area contributed by atoms with Gasteiger partial charge in [0.2, 0.25) is 10.0 Å². The summed E-state index contributed by atoms with van der Waals surface area (Å²) in [6, 6.07) is 8.51. The van der Waals surface area contributed by atoms with Crippen LogP contribution in [0.15, 0.2) is 35.2 Å². The number of thiocarbonyl (C=S) groups is 1. The van der Waals surface area contributed by atoms with Crippen LogP contribution in [-0.2, 0) is 10.0 Å². The maximum atomic E-state index is 12.4. The lowest BCUT2D eigenvalue weighted by Crippen LogP contribution is -2.46. The van der Waals surface area contributed by atoms with Gasteiger partial charge in [0.1, 0.15) is 0 Å². The van der Waals surface area contributed by atoms with Crippen molar-refractivity contribution in [2.75, 3.05) is 13.1 Å². The topological polar surface area (TPSA) is 63.4 Å². The van der Waals surface area contributed by atoms with E-state index in [1.807, 2.05) is 6.92 Å². The molecule has 0 aromatic heterocycles. The van der Waals surface area contributed by atoms with Crippen molar-refractivity contribution in [1.29, 1.82) is 0 Å². The van der Waals surface area contributed by atoms with Crippen molar-refractivity contribution in [1.82, 2.24) is 4.31 Å². The number of hydrogen-bond acceptors (Lipinski definition) is 3. The van der Waals surface area contributed by atoms with Gasteiger partial charge < -0.3 is 5.73 Å². The quantitative estimate of drug-likeness (QED) is 0.864. The van der Waals surface area contributed by atoms with Gasteiger partial charge in [0, 0.05) is 18.5 Å². The lowest BCUT2D eigenvalue weighted by molar-refractivity contribution is 0.244. The molecule has 1 aromatic rings. The van der Waals surface area contributed by atoms with Gasteiger partial charge in [-0.3, -0.25) is 0 Å². The van der Waals surface area contributed by atoms with Crippen molar-refractivity contribution in [3.63, 3.8) is 0 Å². The van der Waals surface area contributed by atoms with Crippen LogP contribution in [0, 0.1) is 5.41 Å². The largest absolute Gasteiger partial charge is 0.393 e. The smallest absolute Gasteiger partial charge is 0.243 e. The summed E-state index contributed by atoms with van der Waals surface area (Å²) < 4.78 is 26.4. The first-order valence-electron chi connectivity index (χ1n) is 6.21. The van der Waals surface area contributed by atoms with Crippen molar-refractivity contribution < 1.29 is 8.42 Å². The van der Waals surface area contributed by atoms with Crippen LogP contribution in [0.25, 0.3) is 0 Å².